The van der Waals surface area contributed by atoms with E-state index in [0.717, 1.165) is 25.6 Å². The second kappa shape index (κ2) is 5.92. The van der Waals surface area contributed by atoms with E-state index >= 15 is 0 Å². The van der Waals surface area contributed by atoms with Crippen molar-refractivity contribution in [2.75, 3.05) is 19.6 Å². The fourth-order valence-electron chi connectivity index (χ4n) is 4.69. The maximum absolute atomic E-state index is 6.34. The molecule has 3 rings (SSSR count). The minimum absolute atomic E-state index is 0.221. The normalized spacial score (nSPS) is 36.1. The van der Waals surface area contributed by atoms with Gasteiger partial charge in [-0.05, 0) is 38.1 Å². The zero-order valence-electron chi connectivity index (χ0n) is 12.9. The largest absolute Gasteiger partial charge is 0.370 e. The summed E-state index contributed by atoms with van der Waals surface area (Å²) in [6, 6.07) is 0.635. The van der Waals surface area contributed by atoms with E-state index in [4.69, 9.17) is 10.7 Å². The van der Waals surface area contributed by atoms with E-state index in [1.807, 2.05) is 0 Å². The fourth-order valence-corrected chi connectivity index (χ4v) is 4.69. The van der Waals surface area contributed by atoms with Crippen LogP contribution in [0.4, 0.5) is 0 Å². The van der Waals surface area contributed by atoms with E-state index in [1.54, 1.807) is 0 Å². The first-order valence-corrected chi connectivity index (χ1v) is 8.58. The van der Waals surface area contributed by atoms with Crippen LogP contribution in [-0.4, -0.2) is 42.1 Å². The molecular weight excluding hydrogens is 248 g/mol. The summed E-state index contributed by atoms with van der Waals surface area (Å²) in [5.41, 5.74) is 6.56. The highest BCUT2D eigenvalue weighted by molar-refractivity contribution is 5.81. The maximum Gasteiger partial charge on any atom is 0.192 e. The lowest BCUT2D eigenvalue weighted by molar-refractivity contribution is 0.0461. The topological polar surface area (TPSA) is 53.6 Å². The molecule has 0 amide bonds. The molecule has 2 unspecified atom stereocenters. The van der Waals surface area contributed by atoms with Crippen LogP contribution in [0.2, 0.25) is 0 Å². The summed E-state index contributed by atoms with van der Waals surface area (Å²) in [6.07, 6.45) is 10.5. The summed E-state index contributed by atoms with van der Waals surface area (Å²) in [5, 5.41) is 3.57. The molecule has 1 saturated heterocycles. The first-order valence-electron chi connectivity index (χ1n) is 8.58. The molecule has 3 aliphatic rings. The molecule has 1 spiro atoms. The zero-order valence-corrected chi connectivity index (χ0v) is 12.9. The van der Waals surface area contributed by atoms with Gasteiger partial charge >= 0.3 is 0 Å². The Bertz CT molecular complexity index is 359. The van der Waals surface area contributed by atoms with Gasteiger partial charge in [-0.1, -0.05) is 32.6 Å². The van der Waals surface area contributed by atoms with Crippen LogP contribution in [0.5, 0.6) is 0 Å². The molecule has 0 aromatic rings. The summed E-state index contributed by atoms with van der Waals surface area (Å²) in [7, 11) is 0. The second-order valence-electron chi connectivity index (χ2n) is 6.85. The number of hydrogen-bond donors (Lipinski definition) is 2. The number of rotatable bonds is 2. The van der Waals surface area contributed by atoms with E-state index in [9.17, 15) is 0 Å². The molecule has 4 heteroatoms. The molecule has 0 aromatic heterocycles. The molecule has 2 aliphatic heterocycles. The third-order valence-electron chi connectivity index (χ3n) is 5.81. The van der Waals surface area contributed by atoms with Crippen LogP contribution in [0, 0.1) is 5.92 Å². The Morgan fingerprint density at radius 3 is 2.75 bits per heavy atom. The van der Waals surface area contributed by atoms with E-state index in [-0.39, 0.29) is 5.54 Å². The van der Waals surface area contributed by atoms with Gasteiger partial charge in [0.25, 0.3) is 0 Å². The molecule has 4 nitrogen and oxygen atoms in total. The van der Waals surface area contributed by atoms with Crippen LogP contribution in [0.25, 0.3) is 0 Å². The number of nitrogens with zero attached hydrogens (tertiary/aromatic N) is 2. The predicted molar refractivity (Wildman–Crippen MR) is 83.8 cm³/mol. The lowest BCUT2D eigenvalue weighted by Crippen LogP contribution is -2.64. The Morgan fingerprint density at radius 1 is 1.30 bits per heavy atom. The number of piperidine rings is 1. The number of guanidine groups is 1. The SMILES string of the molecule is CCC1CNCCC12CN=C(N)N2C1CCCCCC1. The Labute approximate surface area is 123 Å². The molecule has 1 aliphatic carbocycles. The van der Waals surface area contributed by atoms with Gasteiger partial charge in [0.05, 0.1) is 12.1 Å². The molecule has 3 N–H and O–H groups in total. The highest BCUT2D eigenvalue weighted by atomic mass is 15.4. The highest BCUT2D eigenvalue weighted by Gasteiger charge is 2.50. The summed E-state index contributed by atoms with van der Waals surface area (Å²) >= 11 is 0. The number of aliphatic imine (C=N–C) groups is 1. The highest BCUT2D eigenvalue weighted by Crippen LogP contribution is 2.40. The molecule has 114 valence electrons. The van der Waals surface area contributed by atoms with Crippen molar-refractivity contribution in [1.82, 2.24) is 10.2 Å². The summed E-state index contributed by atoms with van der Waals surface area (Å²) in [6.45, 7) is 5.49. The first kappa shape index (κ1) is 14.2. The van der Waals surface area contributed by atoms with Gasteiger partial charge in [0, 0.05) is 12.6 Å². The van der Waals surface area contributed by atoms with Crippen molar-refractivity contribution in [3.63, 3.8) is 0 Å². The van der Waals surface area contributed by atoms with Gasteiger partial charge in [-0.15, -0.1) is 0 Å². The maximum atomic E-state index is 6.34. The van der Waals surface area contributed by atoms with E-state index in [0.29, 0.717) is 12.0 Å². The Balaban J connectivity index is 1.85. The lowest BCUT2D eigenvalue weighted by atomic mass is 9.75. The fraction of sp³-hybridized carbons (Fsp3) is 0.938. The van der Waals surface area contributed by atoms with Crippen LogP contribution >= 0.6 is 0 Å². The average Bonchev–Trinajstić information content (AvgIpc) is 2.68. The molecule has 2 heterocycles. The molecule has 0 bridgehead atoms. The molecule has 1 saturated carbocycles. The van der Waals surface area contributed by atoms with E-state index < -0.39 is 0 Å². The van der Waals surface area contributed by atoms with Crippen LogP contribution in [0.3, 0.4) is 0 Å². The minimum atomic E-state index is 0.221. The number of nitrogens with two attached hydrogens (primary N) is 1. The molecule has 2 atom stereocenters. The quantitative estimate of drug-likeness (QED) is 0.761. The Kier molecular flexibility index (Phi) is 4.20. The molecule has 0 radical (unpaired) electrons. The molecule has 2 fully saturated rings. The molecule has 20 heavy (non-hydrogen) atoms. The monoisotopic (exact) mass is 278 g/mol. The standard InChI is InChI=1S/C16H30N4/c1-2-13-11-18-10-9-16(13)12-19-15(17)20(16)14-7-5-3-4-6-8-14/h13-14,18H,2-12H2,1H3,(H2,17,19). The summed E-state index contributed by atoms with van der Waals surface area (Å²) < 4.78 is 0. The third kappa shape index (κ3) is 2.32. The van der Waals surface area contributed by atoms with E-state index in [1.165, 1.54) is 51.4 Å². The van der Waals surface area contributed by atoms with Crippen LogP contribution in [0.15, 0.2) is 4.99 Å². The van der Waals surface area contributed by atoms with Gasteiger partial charge in [-0.25, -0.2) is 0 Å². The van der Waals surface area contributed by atoms with Crippen molar-refractivity contribution in [2.45, 2.75) is 69.9 Å². The average molecular weight is 278 g/mol. The van der Waals surface area contributed by atoms with Gasteiger partial charge in [-0.2, -0.15) is 0 Å². The van der Waals surface area contributed by atoms with Crippen molar-refractivity contribution < 1.29 is 0 Å². The number of hydrogen-bond acceptors (Lipinski definition) is 4. The smallest absolute Gasteiger partial charge is 0.192 e. The van der Waals surface area contributed by atoms with Crippen LogP contribution in [0.1, 0.15) is 58.3 Å². The molecule has 0 aromatic carbocycles. The number of nitrogens with one attached hydrogen (secondary N) is 1. The van der Waals surface area contributed by atoms with Crippen LogP contribution < -0.4 is 11.1 Å². The Hall–Kier alpha value is -0.770. The van der Waals surface area contributed by atoms with Gasteiger partial charge in [0.2, 0.25) is 0 Å². The molecular formula is C16H30N4. The lowest BCUT2D eigenvalue weighted by Gasteiger charge is -2.51. The minimum Gasteiger partial charge on any atom is -0.370 e. The summed E-state index contributed by atoms with van der Waals surface area (Å²) in [4.78, 5) is 7.27. The van der Waals surface area contributed by atoms with Gasteiger partial charge in [0.1, 0.15) is 0 Å². The third-order valence-corrected chi connectivity index (χ3v) is 5.81. The summed E-state index contributed by atoms with van der Waals surface area (Å²) in [5.74, 6) is 1.52. The van der Waals surface area contributed by atoms with Crippen molar-refractivity contribution in [1.29, 1.82) is 0 Å². The van der Waals surface area contributed by atoms with Crippen molar-refractivity contribution >= 4 is 5.96 Å². The van der Waals surface area contributed by atoms with Crippen molar-refractivity contribution in [3.8, 4) is 0 Å². The van der Waals surface area contributed by atoms with Crippen molar-refractivity contribution in [2.24, 2.45) is 16.6 Å². The van der Waals surface area contributed by atoms with Gasteiger partial charge in [0.15, 0.2) is 5.96 Å². The first-order chi connectivity index (χ1) is 9.78. The second-order valence-corrected chi connectivity index (χ2v) is 6.85. The zero-order chi connectivity index (χ0) is 14.0. The predicted octanol–water partition coefficient (Wildman–Crippen LogP) is 2.10. The van der Waals surface area contributed by atoms with Crippen LogP contribution in [-0.2, 0) is 0 Å². The van der Waals surface area contributed by atoms with Gasteiger partial charge in [-0.3, -0.25) is 4.99 Å². The Morgan fingerprint density at radius 2 is 2.05 bits per heavy atom. The van der Waals surface area contributed by atoms with Gasteiger partial charge < -0.3 is 16.0 Å². The van der Waals surface area contributed by atoms with Crippen molar-refractivity contribution in [3.05, 3.63) is 0 Å². The van der Waals surface area contributed by atoms with E-state index in [2.05, 4.69) is 17.1 Å².